The number of halogens is 1. The number of rotatable bonds is 6. The summed E-state index contributed by atoms with van der Waals surface area (Å²) in [5.41, 5.74) is 6.26. The topological polar surface area (TPSA) is 74.2 Å². The Morgan fingerprint density at radius 2 is 2.26 bits per heavy atom. The van der Waals surface area contributed by atoms with Crippen LogP contribution < -0.4 is 10.5 Å². The van der Waals surface area contributed by atoms with Crippen LogP contribution in [0.25, 0.3) is 0 Å². The molecule has 0 radical (unpaired) electrons. The van der Waals surface area contributed by atoms with Gasteiger partial charge in [-0.15, -0.1) is 0 Å². The summed E-state index contributed by atoms with van der Waals surface area (Å²) in [6.07, 6.45) is 1.33. The van der Waals surface area contributed by atoms with Crippen LogP contribution in [0, 0.1) is 5.82 Å². The van der Waals surface area contributed by atoms with E-state index in [4.69, 9.17) is 15.0 Å². The maximum absolute atomic E-state index is 13.7. The molecule has 2 aromatic rings. The van der Waals surface area contributed by atoms with Gasteiger partial charge in [0.15, 0.2) is 24.0 Å². The van der Waals surface area contributed by atoms with E-state index in [1.165, 1.54) is 6.07 Å². The van der Waals surface area contributed by atoms with Crippen LogP contribution in [0.1, 0.15) is 24.2 Å². The number of benzene rings is 1. The van der Waals surface area contributed by atoms with E-state index in [1.807, 2.05) is 6.92 Å². The lowest BCUT2D eigenvalue weighted by molar-refractivity contribution is 0.234. The third kappa shape index (κ3) is 3.51. The maximum Gasteiger partial charge on any atom is 0.264 e. The lowest BCUT2D eigenvalue weighted by Gasteiger charge is -2.06. The van der Waals surface area contributed by atoms with E-state index in [2.05, 4.69) is 10.1 Å². The minimum atomic E-state index is -0.416. The first kappa shape index (κ1) is 13.5. The Labute approximate surface area is 110 Å². The number of nitrogens with two attached hydrogens (primary N) is 1. The van der Waals surface area contributed by atoms with Gasteiger partial charge < -0.3 is 15.0 Å². The molecule has 0 unspecified atom stereocenters. The molecule has 2 N–H and O–H groups in total. The van der Waals surface area contributed by atoms with E-state index in [1.54, 1.807) is 12.1 Å². The van der Waals surface area contributed by atoms with Crippen LogP contribution in [-0.2, 0) is 19.4 Å². The van der Waals surface area contributed by atoms with Gasteiger partial charge in [0.1, 0.15) is 0 Å². The van der Waals surface area contributed by atoms with E-state index in [0.717, 1.165) is 5.56 Å². The number of hydrogen-bond donors (Lipinski definition) is 1. The fourth-order valence-electron chi connectivity index (χ4n) is 1.62. The largest absolute Gasteiger partial charge is 0.481 e. The predicted octanol–water partition coefficient (Wildman–Crippen LogP) is 1.85. The molecule has 1 aromatic carbocycles. The molecule has 0 fully saturated rings. The van der Waals surface area contributed by atoms with Gasteiger partial charge in [0, 0.05) is 6.42 Å². The first-order valence-electron chi connectivity index (χ1n) is 6.15. The second-order valence-corrected chi connectivity index (χ2v) is 4.05. The third-order valence-corrected chi connectivity index (χ3v) is 2.61. The predicted molar refractivity (Wildman–Crippen MR) is 67.2 cm³/mol. The summed E-state index contributed by atoms with van der Waals surface area (Å²) in [6.45, 7) is 2.47. The van der Waals surface area contributed by atoms with Crippen LogP contribution in [0.15, 0.2) is 22.7 Å². The Morgan fingerprint density at radius 1 is 1.42 bits per heavy atom. The van der Waals surface area contributed by atoms with Crippen molar-refractivity contribution < 1.29 is 13.7 Å². The van der Waals surface area contributed by atoms with Gasteiger partial charge in [-0.05, 0) is 30.7 Å². The molecule has 2 rings (SSSR count). The summed E-state index contributed by atoms with van der Waals surface area (Å²) in [4.78, 5) is 4.08. The molecule has 0 saturated carbocycles. The smallest absolute Gasteiger partial charge is 0.264 e. The SMILES string of the molecule is CCc1noc(COc2ccc(CCN)cc2F)n1. The zero-order chi connectivity index (χ0) is 13.7. The fourth-order valence-corrected chi connectivity index (χ4v) is 1.62. The second kappa shape index (κ2) is 6.29. The van der Waals surface area contributed by atoms with Gasteiger partial charge in [0.05, 0.1) is 0 Å². The molecule has 0 atom stereocenters. The molecule has 19 heavy (non-hydrogen) atoms. The molecular weight excluding hydrogens is 249 g/mol. The molecular formula is C13H16FN3O2. The number of ether oxygens (including phenoxy) is 1. The van der Waals surface area contributed by atoms with Crippen molar-refractivity contribution in [2.45, 2.75) is 26.4 Å². The summed E-state index contributed by atoms with van der Waals surface area (Å²) >= 11 is 0. The van der Waals surface area contributed by atoms with Crippen molar-refractivity contribution in [3.05, 3.63) is 41.3 Å². The molecule has 5 nitrogen and oxygen atoms in total. The van der Waals surface area contributed by atoms with Crippen molar-refractivity contribution in [2.24, 2.45) is 5.73 Å². The first-order valence-corrected chi connectivity index (χ1v) is 6.15. The van der Waals surface area contributed by atoms with Crippen LogP contribution in [0.5, 0.6) is 5.75 Å². The molecule has 0 aliphatic rings. The minimum Gasteiger partial charge on any atom is -0.481 e. The van der Waals surface area contributed by atoms with Crippen molar-refractivity contribution in [1.29, 1.82) is 0 Å². The molecule has 0 amide bonds. The molecule has 0 aliphatic heterocycles. The monoisotopic (exact) mass is 265 g/mol. The summed E-state index contributed by atoms with van der Waals surface area (Å²) in [6, 6.07) is 4.79. The van der Waals surface area contributed by atoms with Gasteiger partial charge in [-0.1, -0.05) is 18.1 Å². The molecule has 102 valence electrons. The van der Waals surface area contributed by atoms with Gasteiger partial charge in [0.2, 0.25) is 0 Å². The quantitative estimate of drug-likeness (QED) is 0.862. The average molecular weight is 265 g/mol. The van der Waals surface area contributed by atoms with E-state index in [0.29, 0.717) is 31.1 Å². The normalized spacial score (nSPS) is 10.7. The average Bonchev–Trinajstić information content (AvgIpc) is 2.86. The van der Waals surface area contributed by atoms with E-state index in [-0.39, 0.29) is 12.4 Å². The molecule has 6 heteroatoms. The summed E-state index contributed by atoms with van der Waals surface area (Å²) in [5, 5.41) is 3.73. The van der Waals surface area contributed by atoms with Gasteiger partial charge in [-0.3, -0.25) is 0 Å². The molecule has 1 heterocycles. The van der Waals surface area contributed by atoms with E-state index >= 15 is 0 Å². The maximum atomic E-state index is 13.7. The highest BCUT2D eigenvalue weighted by Crippen LogP contribution is 2.19. The third-order valence-electron chi connectivity index (χ3n) is 2.61. The number of nitrogens with zero attached hydrogens (tertiary/aromatic N) is 2. The Kier molecular flexibility index (Phi) is 4.46. The number of aromatic nitrogens is 2. The highest BCUT2D eigenvalue weighted by molar-refractivity contribution is 5.29. The van der Waals surface area contributed by atoms with Gasteiger partial charge in [-0.25, -0.2) is 4.39 Å². The highest BCUT2D eigenvalue weighted by atomic mass is 19.1. The second-order valence-electron chi connectivity index (χ2n) is 4.05. The molecule has 0 bridgehead atoms. The van der Waals surface area contributed by atoms with Crippen molar-refractivity contribution in [3.63, 3.8) is 0 Å². The van der Waals surface area contributed by atoms with E-state index in [9.17, 15) is 4.39 Å². The lowest BCUT2D eigenvalue weighted by atomic mass is 10.1. The van der Waals surface area contributed by atoms with Crippen molar-refractivity contribution >= 4 is 0 Å². The fraction of sp³-hybridized carbons (Fsp3) is 0.385. The lowest BCUT2D eigenvalue weighted by Crippen LogP contribution is -2.04. The summed E-state index contributed by atoms with van der Waals surface area (Å²) < 4.78 is 24.0. The summed E-state index contributed by atoms with van der Waals surface area (Å²) in [7, 11) is 0. The standard InChI is InChI=1S/C13H16FN3O2/c1-2-12-16-13(19-17-12)8-18-11-4-3-9(5-6-15)7-10(11)14/h3-4,7H,2,5-6,8,15H2,1H3. The Hall–Kier alpha value is -1.95. The Balaban J connectivity index is 1.99. The van der Waals surface area contributed by atoms with Gasteiger partial charge in [-0.2, -0.15) is 4.98 Å². The zero-order valence-corrected chi connectivity index (χ0v) is 10.7. The van der Waals surface area contributed by atoms with Crippen LogP contribution in [0.3, 0.4) is 0 Å². The van der Waals surface area contributed by atoms with Crippen LogP contribution in [-0.4, -0.2) is 16.7 Å². The zero-order valence-electron chi connectivity index (χ0n) is 10.7. The molecule has 1 aromatic heterocycles. The van der Waals surface area contributed by atoms with Gasteiger partial charge >= 0.3 is 0 Å². The van der Waals surface area contributed by atoms with Crippen LogP contribution >= 0.6 is 0 Å². The Bertz CT molecular complexity index is 542. The molecule has 0 saturated heterocycles. The highest BCUT2D eigenvalue weighted by Gasteiger charge is 2.08. The summed E-state index contributed by atoms with van der Waals surface area (Å²) in [5.74, 6) is 0.692. The van der Waals surface area contributed by atoms with Crippen molar-refractivity contribution in [1.82, 2.24) is 10.1 Å². The van der Waals surface area contributed by atoms with Crippen LogP contribution in [0.4, 0.5) is 4.39 Å². The van der Waals surface area contributed by atoms with Gasteiger partial charge in [0.25, 0.3) is 5.89 Å². The minimum absolute atomic E-state index is 0.0557. The first-order chi connectivity index (χ1) is 9.22. The van der Waals surface area contributed by atoms with Crippen molar-refractivity contribution in [3.8, 4) is 5.75 Å². The van der Waals surface area contributed by atoms with Crippen LogP contribution in [0.2, 0.25) is 0 Å². The number of hydrogen-bond acceptors (Lipinski definition) is 5. The molecule has 0 spiro atoms. The molecule has 0 aliphatic carbocycles. The van der Waals surface area contributed by atoms with Crippen molar-refractivity contribution in [2.75, 3.05) is 6.54 Å². The number of aryl methyl sites for hydroxylation is 1. The van der Waals surface area contributed by atoms with E-state index < -0.39 is 5.82 Å². The Morgan fingerprint density at radius 3 is 2.89 bits per heavy atom.